The van der Waals surface area contributed by atoms with Gasteiger partial charge in [-0.05, 0) is 36.4 Å². The zero-order valence-electron chi connectivity index (χ0n) is 15.2. The fraction of sp³-hybridized carbons (Fsp3) is 0.158. The maximum absolute atomic E-state index is 13.2. The topological polar surface area (TPSA) is 81.4 Å². The summed E-state index contributed by atoms with van der Waals surface area (Å²) in [6.07, 6.45) is 0. The lowest BCUT2D eigenvalue weighted by molar-refractivity contribution is 0.585. The second-order valence-electron chi connectivity index (χ2n) is 6.18. The normalized spacial score (nSPS) is 11.4. The van der Waals surface area contributed by atoms with E-state index in [1.54, 1.807) is 30.3 Å². The molecule has 0 fully saturated rings. The van der Waals surface area contributed by atoms with E-state index in [4.69, 9.17) is 0 Å². The van der Waals surface area contributed by atoms with Gasteiger partial charge in [-0.1, -0.05) is 18.2 Å². The van der Waals surface area contributed by atoms with E-state index >= 15 is 0 Å². The molecule has 1 aromatic heterocycles. The molecular weight excluding hydrogens is 385 g/mol. The molecule has 3 rings (SSSR count). The number of anilines is 1. The summed E-state index contributed by atoms with van der Waals surface area (Å²) >= 11 is 0. The van der Waals surface area contributed by atoms with Crippen LogP contribution in [-0.2, 0) is 30.7 Å². The number of para-hydroxylation sites is 1. The smallest absolute Gasteiger partial charge is 0.299 e. The maximum atomic E-state index is 13.2. The number of nitrogens with zero attached hydrogens (tertiary/aromatic N) is 3. The maximum Gasteiger partial charge on any atom is 0.330 e. The third kappa shape index (κ3) is 3.61. The molecule has 0 aliphatic carbocycles. The zero-order chi connectivity index (χ0) is 20.5. The first-order valence-electron chi connectivity index (χ1n) is 8.31. The van der Waals surface area contributed by atoms with Gasteiger partial charge in [-0.2, -0.15) is 0 Å². The highest BCUT2D eigenvalue weighted by Crippen LogP contribution is 2.25. The molecule has 0 amide bonds. The van der Waals surface area contributed by atoms with Gasteiger partial charge in [0.25, 0.3) is 15.6 Å². The number of aromatic nitrogens is 2. The van der Waals surface area contributed by atoms with Crippen LogP contribution in [0.25, 0.3) is 0 Å². The van der Waals surface area contributed by atoms with E-state index in [2.05, 4.69) is 0 Å². The zero-order valence-corrected chi connectivity index (χ0v) is 16.1. The lowest BCUT2D eigenvalue weighted by atomic mass is 10.3. The fourth-order valence-electron chi connectivity index (χ4n) is 2.72. The molecule has 0 aliphatic heterocycles. The monoisotopic (exact) mass is 403 g/mol. The summed E-state index contributed by atoms with van der Waals surface area (Å²) < 4.78 is 42.9. The molecule has 0 atom stereocenters. The Hall–Kier alpha value is -3.20. The van der Waals surface area contributed by atoms with Crippen LogP contribution in [0, 0.1) is 5.82 Å². The van der Waals surface area contributed by atoms with Crippen LogP contribution in [0.3, 0.4) is 0 Å². The Morgan fingerprint density at radius 3 is 2.14 bits per heavy atom. The van der Waals surface area contributed by atoms with Crippen LogP contribution >= 0.6 is 0 Å². The van der Waals surface area contributed by atoms with Gasteiger partial charge in [-0.25, -0.2) is 17.6 Å². The molecule has 0 unspecified atom stereocenters. The van der Waals surface area contributed by atoms with Crippen LogP contribution in [0.15, 0.2) is 75.1 Å². The first-order chi connectivity index (χ1) is 13.2. The molecular formula is C19H18FN3O4S. The Kier molecular flexibility index (Phi) is 5.19. The van der Waals surface area contributed by atoms with Crippen molar-refractivity contribution in [2.75, 3.05) is 4.31 Å². The summed E-state index contributed by atoms with van der Waals surface area (Å²) in [6.45, 7) is -0.245. The lowest BCUT2D eigenvalue weighted by Gasteiger charge is -2.25. The molecule has 0 aliphatic rings. The largest absolute Gasteiger partial charge is 0.330 e. The Bertz CT molecular complexity index is 1220. The predicted octanol–water partition coefficient (Wildman–Crippen LogP) is 1.62. The van der Waals surface area contributed by atoms with Gasteiger partial charge in [0.1, 0.15) is 5.82 Å². The van der Waals surface area contributed by atoms with E-state index in [-0.39, 0.29) is 17.1 Å². The van der Waals surface area contributed by atoms with Crippen molar-refractivity contribution in [3.8, 4) is 0 Å². The first-order valence-corrected chi connectivity index (χ1v) is 9.75. The van der Waals surface area contributed by atoms with Gasteiger partial charge in [0, 0.05) is 25.9 Å². The highest BCUT2D eigenvalue weighted by Gasteiger charge is 2.26. The van der Waals surface area contributed by atoms with E-state index < -0.39 is 27.1 Å². The highest BCUT2D eigenvalue weighted by molar-refractivity contribution is 7.92. The summed E-state index contributed by atoms with van der Waals surface area (Å²) in [5.41, 5.74) is -0.525. The summed E-state index contributed by atoms with van der Waals surface area (Å²) in [5.74, 6) is -0.556. The SMILES string of the molecule is Cn1c(CN(c2ccccc2)S(=O)(=O)c2ccc(F)cc2)cc(=O)n(C)c1=O. The standard InChI is InChI=1S/C19H18FN3O4S/c1-21-16(12-18(24)22(2)19(21)25)13-23(15-6-4-3-5-7-15)28(26,27)17-10-8-14(20)9-11-17/h3-12H,13H2,1-2H3. The van der Waals surface area contributed by atoms with Crippen LogP contribution in [0.2, 0.25) is 0 Å². The Labute approximate surface area is 161 Å². The third-order valence-corrected chi connectivity index (χ3v) is 6.16. The van der Waals surface area contributed by atoms with Crippen molar-refractivity contribution in [1.29, 1.82) is 0 Å². The molecule has 0 saturated carbocycles. The van der Waals surface area contributed by atoms with Crippen molar-refractivity contribution in [1.82, 2.24) is 9.13 Å². The van der Waals surface area contributed by atoms with Gasteiger partial charge >= 0.3 is 5.69 Å². The van der Waals surface area contributed by atoms with Gasteiger partial charge in [0.15, 0.2) is 0 Å². The van der Waals surface area contributed by atoms with Crippen LogP contribution < -0.4 is 15.6 Å². The average Bonchev–Trinajstić information content (AvgIpc) is 2.69. The summed E-state index contributed by atoms with van der Waals surface area (Å²) in [5, 5.41) is 0. The van der Waals surface area contributed by atoms with Crippen LogP contribution in [-0.4, -0.2) is 17.6 Å². The van der Waals surface area contributed by atoms with Gasteiger partial charge in [-0.3, -0.25) is 18.2 Å². The molecule has 9 heteroatoms. The van der Waals surface area contributed by atoms with Crippen molar-refractivity contribution < 1.29 is 12.8 Å². The van der Waals surface area contributed by atoms with E-state index in [1.807, 2.05) is 0 Å². The minimum absolute atomic E-state index is 0.105. The molecule has 0 radical (unpaired) electrons. The molecule has 146 valence electrons. The Morgan fingerprint density at radius 1 is 0.929 bits per heavy atom. The van der Waals surface area contributed by atoms with Crippen molar-refractivity contribution >= 4 is 15.7 Å². The second-order valence-corrected chi connectivity index (χ2v) is 8.04. The predicted molar refractivity (Wildman–Crippen MR) is 103 cm³/mol. The van der Waals surface area contributed by atoms with Gasteiger partial charge in [0.05, 0.1) is 17.1 Å². The molecule has 28 heavy (non-hydrogen) atoms. The molecule has 2 aromatic carbocycles. The highest BCUT2D eigenvalue weighted by atomic mass is 32.2. The van der Waals surface area contributed by atoms with E-state index in [1.165, 1.54) is 36.9 Å². The lowest BCUT2D eigenvalue weighted by Crippen LogP contribution is -2.40. The number of benzene rings is 2. The number of rotatable bonds is 5. The summed E-state index contributed by atoms with van der Waals surface area (Å²) in [6, 6.07) is 14.0. The number of halogens is 1. The Morgan fingerprint density at radius 2 is 1.54 bits per heavy atom. The van der Waals surface area contributed by atoms with Gasteiger partial charge in [0.2, 0.25) is 0 Å². The van der Waals surface area contributed by atoms with Crippen LogP contribution in [0.5, 0.6) is 0 Å². The number of hydrogen-bond acceptors (Lipinski definition) is 4. The fourth-order valence-corrected chi connectivity index (χ4v) is 4.16. The van der Waals surface area contributed by atoms with Crippen molar-refractivity contribution in [3.05, 3.63) is 93.0 Å². The van der Waals surface area contributed by atoms with Gasteiger partial charge in [-0.15, -0.1) is 0 Å². The minimum atomic E-state index is -4.08. The van der Waals surface area contributed by atoms with Crippen LogP contribution in [0.1, 0.15) is 5.69 Å². The molecule has 7 nitrogen and oxygen atoms in total. The number of sulfonamides is 1. The average molecular weight is 403 g/mol. The molecule has 0 spiro atoms. The molecule has 0 bridgehead atoms. The van der Waals surface area contributed by atoms with Crippen molar-refractivity contribution in [2.45, 2.75) is 11.4 Å². The van der Waals surface area contributed by atoms with Crippen molar-refractivity contribution in [2.24, 2.45) is 14.1 Å². The van der Waals surface area contributed by atoms with E-state index in [0.717, 1.165) is 21.0 Å². The van der Waals surface area contributed by atoms with E-state index in [9.17, 15) is 22.4 Å². The molecule has 3 aromatic rings. The van der Waals surface area contributed by atoms with E-state index in [0.29, 0.717) is 5.69 Å². The summed E-state index contributed by atoms with van der Waals surface area (Å²) in [4.78, 5) is 24.1. The second kappa shape index (κ2) is 7.43. The minimum Gasteiger partial charge on any atom is -0.299 e. The van der Waals surface area contributed by atoms with Gasteiger partial charge < -0.3 is 0 Å². The first kappa shape index (κ1) is 19.6. The van der Waals surface area contributed by atoms with Crippen molar-refractivity contribution in [3.63, 3.8) is 0 Å². The molecule has 0 N–H and O–H groups in total. The number of hydrogen-bond donors (Lipinski definition) is 0. The molecule has 0 saturated heterocycles. The summed E-state index contributed by atoms with van der Waals surface area (Å²) in [7, 11) is -1.27. The molecule has 1 heterocycles. The Balaban J connectivity index is 2.16. The quantitative estimate of drug-likeness (QED) is 0.648. The van der Waals surface area contributed by atoms with Crippen LogP contribution in [0.4, 0.5) is 10.1 Å². The third-order valence-electron chi connectivity index (χ3n) is 4.38.